The summed E-state index contributed by atoms with van der Waals surface area (Å²) in [5.74, 6) is 0. The average molecular weight is 367 g/mol. The molecule has 0 atom stereocenters. The molecule has 0 spiro atoms. The van der Waals surface area contributed by atoms with Gasteiger partial charge in [-0.1, -0.05) is 66.7 Å². The molecule has 0 aliphatic carbocycles. The van der Waals surface area contributed by atoms with Gasteiger partial charge in [-0.25, -0.2) is 0 Å². The summed E-state index contributed by atoms with van der Waals surface area (Å²) in [7, 11) is -1.97. The van der Waals surface area contributed by atoms with Crippen LogP contribution in [0.5, 0.6) is 0 Å². The van der Waals surface area contributed by atoms with Crippen molar-refractivity contribution < 1.29 is 0 Å². The van der Waals surface area contributed by atoms with Crippen LogP contribution in [0.25, 0.3) is 0 Å². The fourth-order valence-electron chi connectivity index (χ4n) is 3.92. The fraction of sp³-hybridized carbons (Fsp3) is 0.0769. The zero-order valence-corrected chi connectivity index (χ0v) is 16.7. The Hall–Kier alpha value is -2.69. The van der Waals surface area contributed by atoms with Crippen molar-refractivity contribution in [3.05, 3.63) is 120 Å². The molecule has 0 nitrogen and oxygen atoms in total. The molecular formula is C26H24P+. The van der Waals surface area contributed by atoms with Crippen molar-refractivity contribution in [2.24, 2.45) is 0 Å². The molecule has 0 unspecified atom stereocenters. The Kier molecular flexibility index (Phi) is 4.92. The molecule has 0 heterocycles. The Morgan fingerprint density at radius 1 is 0.444 bits per heavy atom. The van der Waals surface area contributed by atoms with E-state index in [0.29, 0.717) is 0 Å². The molecule has 0 aliphatic heterocycles. The first-order valence-electron chi connectivity index (χ1n) is 9.37. The van der Waals surface area contributed by atoms with Gasteiger partial charge in [0.15, 0.2) is 0 Å². The van der Waals surface area contributed by atoms with E-state index in [0.717, 1.165) is 0 Å². The molecule has 0 radical (unpaired) electrons. The maximum atomic E-state index is 2.34. The van der Waals surface area contributed by atoms with Gasteiger partial charge in [-0.05, 0) is 67.4 Å². The molecule has 0 aromatic heterocycles. The van der Waals surface area contributed by atoms with Gasteiger partial charge in [0.1, 0.15) is 28.5 Å². The predicted octanol–water partition coefficient (Wildman–Crippen LogP) is 4.92. The highest BCUT2D eigenvalue weighted by Crippen LogP contribution is 2.54. The molecule has 0 aliphatic rings. The predicted molar refractivity (Wildman–Crippen MR) is 121 cm³/mol. The highest BCUT2D eigenvalue weighted by Gasteiger charge is 2.48. The van der Waals surface area contributed by atoms with Gasteiger partial charge >= 0.3 is 0 Å². The smallest absolute Gasteiger partial charge is 0.0620 e. The molecular weight excluding hydrogens is 343 g/mol. The molecule has 27 heavy (non-hydrogen) atoms. The Morgan fingerprint density at radius 3 is 1.26 bits per heavy atom. The van der Waals surface area contributed by atoms with E-state index in [4.69, 9.17) is 0 Å². The minimum atomic E-state index is -1.97. The summed E-state index contributed by atoms with van der Waals surface area (Å²) < 4.78 is 0. The summed E-state index contributed by atoms with van der Waals surface area (Å²) >= 11 is 0. The first-order chi connectivity index (χ1) is 13.2. The second-order valence-electron chi connectivity index (χ2n) is 6.90. The van der Waals surface area contributed by atoms with Crippen LogP contribution < -0.4 is 21.2 Å². The highest BCUT2D eigenvalue weighted by molar-refractivity contribution is 8.01. The summed E-state index contributed by atoms with van der Waals surface area (Å²) in [6, 6.07) is 39.9. The topological polar surface area (TPSA) is 0 Å². The van der Waals surface area contributed by atoms with Gasteiger partial charge in [-0.15, -0.1) is 0 Å². The van der Waals surface area contributed by atoms with E-state index in [1.165, 1.54) is 32.3 Å². The van der Waals surface area contributed by atoms with E-state index in [2.05, 4.69) is 123 Å². The van der Waals surface area contributed by atoms with Crippen molar-refractivity contribution >= 4 is 28.5 Å². The van der Waals surface area contributed by atoms with E-state index in [-0.39, 0.29) is 0 Å². The molecule has 4 aromatic rings. The molecule has 4 aromatic carbocycles. The largest absolute Gasteiger partial charge is 0.144 e. The van der Waals surface area contributed by atoms with Gasteiger partial charge in [0, 0.05) is 0 Å². The lowest BCUT2D eigenvalue weighted by atomic mass is 10.1. The molecule has 0 saturated carbocycles. The fourth-order valence-corrected chi connectivity index (χ4v) is 8.49. The normalized spacial score (nSPS) is 11.3. The molecule has 132 valence electrons. The molecule has 1 heteroatoms. The highest BCUT2D eigenvalue weighted by atomic mass is 31.2. The number of aryl methyl sites for hydroxylation is 1. The van der Waals surface area contributed by atoms with Crippen LogP contribution in [0.2, 0.25) is 0 Å². The quantitative estimate of drug-likeness (QED) is 0.449. The third-order valence-electron chi connectivity index (χ3n) is 5.37. The van der Waals surface area contributed by atoms with Crippen LogP contribution in [0.4, 0.5) is 0 Å². The maximum absolute atomic E-state index is 2.34. The number of rotatable bonds is 4. The Balaban J connectivity index is 2.18. The molecule has 0 saturated heterocycles. The zero-order valence-electron chi connectivity index (χ0n) is 15.8. The van der Waals surface area contributed by atoms with Crippen molar-refractivity contribution in [2.75, 3.05) is 0 Å². The lowest BCUT2D eigenvalue weighted by Crippen LogP contribution is -2.39. The second kappa shape index (κ2) is 7.51. The molecule has 0 fully saturated rings. The van der Waals surface area contributed by atoms with Crippen LogP contribution in [0, 0.1) is 13.8 Å². The molecule has 0 N–H and O–H groups in total. The van der Waals surface area contributed by atoms with Gasteiger partial charge in [-0.3, -0.25) is 0 Å². The minimum Gasteiger partial charge on any atom is -0.0620 e. The van der Waals surface area contributed by atoms with Crippen molar-refractivity contribution in [3.8, 4) is 0 Å². The Bertz CT molecular complexity index is 925. The van der Waals surface area contributed by atoms with Crippen LogP contribution in [-0.4, -0.2) is 0 Å². The van der Waals surface area contributed by atoms with Gasteiger partial charge in [0.25, 0.3) is 0 Å². The first kappa shape index (κ1) is 17.7. The van der Waals surface area contributed by atoms with E-state index in [1.54, 1.807) is 0 Å². The second-order valence-corrected chi connectivity index (χ2v) is 10.3. The number of benzene rings is 4. The monoisotopic (exact) mass is 367 g/mol. The van der Waals surface area contributed by atoms with Crippen LogP contribution in [0.1, 0.15) is 11.1 Å². The van der Waals surface area contributed by atoms with Gasteiger partial charge < -0.3 is 0 Å². The lowest BCUT2D eigenvalue weighted by molar-refractivity contribution is 1.37. The summed E-state index contributed by atoms with van der Waals surface area (Å²) in [5.41, 5.74) is 2.74. The van der Waals surface area contributed by atoms with Crippen molar-refractivity contribution in [1.82, 2.24) is 0 Å². The zero-order chi connectivity index (χ0) is 18.7. The molecule has 4 rings (SSSR count). The Morgan fingerprint density at radius 2 is 0.852 bits per heavy atom. The summed E-state index contributed by atoms with van der Waals surface area (Å²) in [6.45, 7) is 4.49. The van der Waals surface area contributed by atoms with E-state index >= 15 is 0 Å². The van der Waals surface area contributed by atoms with Crippen molar-refractivity contribution in [3.63, 3.8) is 0 Å². The van der Waals surface area contributed by atoms with Crippen LogP contribution in [0.15, 0.2) is 109 Å². The third-order valence-corrected chi connectivity index (χ3v) is 9.79. The van der Waals surface area contributed by atoms with Crippen LogP contribution in [-0.2, 0) is 0 Å². The SMILES string of the molecule is Cc1cccc([P+](c2ccccc2)(c2ccccc2)c2ccccc2)c1C. The van der Waals surface area contributed by atoms with Gasteiger partial charge in [-0.2, -0.15) is 0 Å². The van der Waals surface area contributed by atoms with Gasteiger partial charge in [0.2, 0.25) is 0 Å². The van der Waals surface area contributed by atoms with E-state index in [1.807, 2.05) is 0 Å². The lowest BCUT2D eigenvalue weighted by Gasteiger charge is -2.29. The van der Waals surface area contributed by atoms with E-state index in [9.17, 15) is 0 Å². The first-order valence-corrected chi connectivity index (χ1v) is 11.2. The van der Waals surface area contributed by atoms with E-state index < -0.39 is 7.26 Å². The minimum absolute atomic E-state index is 1.35. The summed E-state index contributed by atoms with van der Waals surface area (Å²) in [5, 5.41) is 5.65. The molecule has 0 bridgehead atoms. The standard InChI is InChI=1S/C26H24P/c1-21-13-12-20-26(22(21)2)27(23-14-6-3-7-15-23,24-16-8-4-9-17-24)25-18-10-5-11-19-25/h3-20H,1-2H3/q+1. The number of hydrogen-bond donors (Lipinski definition) is 0. The third kappa shape index (κ3) is 3.01. The van der Waals surface area contributed by atoms with Gasteiger partial charge in [0.05, 0.1) is 0 Å². The van der Waals surface area contributed by atoms with Crippen molar-refractivity contribution in [2.45, 2.75) is 13.8 Å². The summed E-state index contributed by atoms with van der Waals surface area (Å²) in [4.78, 5) is 0. The van der Waals surface area contributed by atoms with Crippen molar-refractivity contribution in [1.29, 1.82) is 0 Å². The summed E-state index contributed by atoms with van der Waals surface area (Å²) in [6.07, 6.45) is 0. The number of hydrogen-bond acceptors (Lipinski definition) is 0. The average Bonchev–Trinajstić information content (AvgIpc) is 2.74. The molecule has 0 amide bonds. The Labute approximate surface area is 162 Å². The maximum Gasteiger partial charge on any atom is 0.144 e. The van der Waals surface area contributed by atoms with Crippen LogP contribution >= 0.6 is 7.26 Å². The van der Waals surface area contributed by atoms with Crippen LogP contribution in [0.3, 0.4) is 0 Å².